The number of aliphatic hydroxyl groups is 2. The Kier molecular flexibility index (Phi) is 8.83. The van der Waals surface area contributed by atoms with Crippen LogP contribution in [0.15, 0.2) is 65.2 Å². The predicted molar refractivity (Wildman–Crippen MR) is 141 cm³/mol. The van der Waals surface area contributed by atoms with E-state index in [-0.39, 0.29) is 12.5 Å². The summed E-state index contributed by atoms with van der Waals surface area (Å²) >= 11 is 0. The summed E-state index contributed by atoms with van der Waals surface area (Å²) in [6.07, 6.45) is 8.81. The Morgan fingerprint density at radius 1 is 1.03 bits per heavy atom. The maximum Gasteiger partial charge on any atom is 0.231 e. The van der Waals surface area contributed by atoms with Crippen LogP contribution in [0.25, 0.3) is 0 Å². The first-order chi connectivity index (χ1) is 17.4. The molecule has 6 heteroatoms. The van der Waals surface area contributed by atoms with E-state index in [1.807, 2.05) is 54.6 Å². The Hall–Kier alpha value is -2.67. The second-order valence-electron chi connectivity index (χ2n) is 10.7. The monoisotopic (exact) mass is 493 g/mol. The lowest BCUT2D eigenvalue weighted by Crippen LogP contribution is -2.40. The summed E-state index contributed by atoms with van der Waals surface area (Å²) in [5, 5.41) is 21.1. The Morgan fingerprint density at radius 3 is 2.44 bits per heavy atom. The number of nitrogens with zero attached hydrogens (tertiary/aromatic N) is 2. The minimum Gasteiger partial charge on any atom is -0.493 e. The summed E-state index contributed by atoms with van der Waals surface area (Å²) in [4.78, 5) is 4.61. The Balaban J connectivity index is 1.36. The smallest absolute Gasteiger partial charge is 0.231 e. The first kappa shape index (κ1) is 26.4. The number of hydrogen-bond donors (Lipinski definition) is 2. The molecular weight excluding hydrogens is 452 g/mol. The zero-order valence-electron chi connectivity index (χ0n) is 21.7. The molecule has 2 N–H and O–H groups in total. The molecule has 0 unspecified atom stereocenters. The van der Waals surface area contributed by atoms with E-state index in [2.05, 4.69) is 19.1 Å². The van der Waals surface area contributed by atoms with Crippen LogP contribution in [0.4, 0.5) is 0 Å². The van der Waals surface area contributed by atoms with Gasteiger partial charge in [-0.3, -0.25) is 0 Å². The van der Waals surface area contributed by atoms with Crippen LogP contribution >= 0.6 is 0 Å². The molecule has 0 amide bonds. The van der Waals surface area contributed by atoms with Crippen molar-refractivity contribution in [2.24, 2.45) is 5.92 Å². The Bertz CT molecular complexity index is 1060. The van der Waals surface area contributed by atoms with Gasteiger partial charge in [-0.15, -0.1) is 0 Å². The Morgan fingerprint density at radius 2 is 1.75 bits per heavy atom. The Labute approximate surface area is 215 Å². The van der Waals surface area contributed by atoms with Crippen molar-refractivity contribution in [2.45, 2.75) is 57.1 Å². The van der Waals surface area contributed by atoms with Crippen LogP contribution in [0.2, 0.25) is 0 Å². The van der Waals surface area contributed by atoms with E-state index < -0.39 is 5.60 Å². The molecular formula is C30H41N2O4+. The molecule has 1 atom stereocenters. The zero-order chi connectivity index (χ0) is 25.4. The van der Waals surface area contributed by atoms with Gasteiger partial charge in [0.1, 0.15) is 12.3 Å². The molecule has 36 heavy (non-hydrogen) atoms. The standard InChI is InChI=1S/C30H41N2O4/c1-32(2,19-9-21-35-27-16-14-24(15-17-27)18-20-33)23-28-22-31-29(36-28)30(34,25-10-5-3-6-11-25)26-12-7-4-8-13-26/h3,5-6,10-11,14-17,22,26,33-34H,4,7-9,12-13,18-21,23H2,1-2H3/q+1/t30-/m0/s1. The lowest BCUT2D eigenvalue weighted by molar-refractivity contribution is -0.904. The van der Waals surface area contributed by atoms with E-state index in [0.29, 0.717) is 25.5 Å². The van der Waals surface area contributed by atoms with Crippen LogP contribution in [0.5, 0.6) is 5.75 Å². The number of aliphatic hydroxyl groups excluding tert-OH is 1. The molecule has 1 aliphatic carbocycles. The first-order valence-electron chi connectivity index (χ1n) is 13.3. The van der Waals surface area contributed by atoms with Crippen molar-refractivity contribution < 1.29 is 23.9 Å². The molecule has 1 fully saturated rings. The average Bonchev–Trinajstić information content (AvgIpc) is 3.36. The highest BCUT2D eigenvalue weighted by Crippen LogP contribution is 2.43. The van der Waals surface area contributed by atoms with E-state index in [4.69, 9.17) is 14.3 Å². The average molecular weight is 494 g/mol. The highest BCUT2D eigenvalue weighted by molar-refractivity contribution is 5.30. The van der Waals surface area contributed by atoms with Crippen molar-refractivity contribution in [3.8, 4) is 5.75 Å². The van der Waals surface area contributed by atoms with Gasteiger partial charge in [0.15, 0.2) is 11.4 Å². The highest BCUT2D eigenvalue weighted by Gasteiger charge is 2.44. The summed E-state index contributed by atoms with van der Waals surface area (Å²) in [5.74, 6) is 2.17. The van der Waals surface area contributed by atoms with Crippen LogP contribution in [0.1, 0.15) is 61.3 Å². The second kappa shape index (κ2) is 12.0. The van der Waals surface area contributed by atoms with Gasteiger partial charge in [-0.2, -0.15) is 0 Å². The predicted octanol–water partition coefficient (Wildman–Crippen LogP) is 5.07. The quantitative estimate of drug-likeness (QED) is 0.272. The van der Waals surface area contributed by atoms with Gasteiger partial charge in [0.05, 0.1) is 33.4 Å². The third-order valence-electron chi connectivity index (χ3n) is 7.37. The summed E-state index contributed by atoms with van der Waals surface area (Å²) in [7, 11) is 4.35. The molecule has 6 nitrogen and oxygen atoms in total. The van der Waals surface area contributed by atoms with Gasteiger partial charge >= 0.3 is 0 Å². The number of oxazole rings is 1. The molecule has 1 heterocycles. The topological polar surface area (TPSA) is 75.7 Å². The highest BCUT2D eigenvalue weighted by atomic mass is 16.5. The van der Waals surface area contributed by atoms with Crippen LogP contribution in [-0.2, 0) is 18.6 Å². The van der Waals surface area contributed by atoms with E-state index in [0.717, 1.165) is 65.8 Å². The molecule has 3 aromatic rings. The number of benzene rings is 2. The van der Waals surface area contributed by atoms with Crippen molar-refractivity contribution in [2.75, 3.05) is 33.9 Å². The molecule has 194 valence electrons. The van der Waals surface area contributed by atoms with Gasteiger partial charge in [0.2, 0.25) is 5.89 Å². The number of aromatic nitrogens is 1. The van der Waals surface area contributed by atoms with Crippen LogP contribution in [-0.4, -0.2) is 53.5 Å². The third-order valence-corrected chi connectivity index (χ3v) is 7.37. The van der Waals surface area contributed by atoms with Crippen molar-refractivity contribution >= 4 is 0 Å². The maximum atomic E-state index is 12.0. The summed E-state index contributed by atoms with van der Waals surface area (Å²) in [6.45, 7) is 2.41. The molecule has 1 saturated carbocycles. The van der Waals surface area contributed by atoms with E-state index in [1.165, 1.54) is 6.42 Å². The molecule has 1 aromatic heterocycles. The fourth-order valence-electron chi connectivity index (χ4n) is 5.37. The van der Waals surface area contributed by atoms with Gasteiger partial charge in [-0.1, -0.05) is 61.7 Å². The van der Waals surface area contributed by atoms with E-state index in [9.17, 15) is 5.11 Å². The van der Waals surface area contributed by atoms with E-state index in [1.54, 1.807) is 6.20 Å². The molecule has 0 radical (unpaired) electrons. The minimum absolute atomic E-state index is 0.109. The van der Waals surface area contributed by atoms with Crippen molar-refractivity contribution in [3.63, 3.8) is 0 Å². The summed E-state index contributed by atoms with van der Waals surface area (Å²) in [6, 6.07) is 17.8. The van der Waals surface area contributed by atoms with Crippen LogP contribution in [0, 0.1) is 5.92 Å². The molecule has 0 saturated heterocycles. The fourth-order valence-corrected chi connectivity index (χ4v) is 5.37. The van der Waals surface area contributed by atoms with Crippen LogP contribution in [0.3, 0.4) is 0 Å². The fraction of sp³-hybridized carbons (Fsp3) is 0.500. The lowest BCUT2D eigenvalue weighted by Gasteiger charge is -2.36. The SMILES string of the molecule is C[N+](C)(CCCOc1ccc(CCO)cc1)Cc1cnc([C@](O)(c2ccccc2)C2CCCCC2)o1. The third kappa shape index (κ3) is 6.55. The van der Waals surface area contributed by atoms with Gasteiger partial charge in [-0.05, 0) is 42.5 Å². The second-order valence-corrected chi connectivity index (χ2v) is 10.7. The van der Waals surface area contributed by atoms with E-state index >= 15 is 0 Å². The number of quaternary nitrogens is 1. The van der Waals surface area contributed by atoms with Gasteiger partial charge in [-0.25, -0.2) is 4.98 Å². The molecule has 0 bridgehead atoms. The normalized spacial score (nSPS) is 16.6. The minimum atomic E-state index is -1.20. The molecule has 2 aromatic carbocycles. The van der Waals surface area contributed by atoms with Crippen molar-refractivity contribution in [1.82, 2.24) is 4.98 Å². The lowest BCUT2D eigenvalue weighted by atomic mass is 9.73. The van der Waals surface area contributed by atoms with Gasteiger partial charge < -0.3 is 23.9 Å². The maximum absolute atomic E-state index is 12.0. The first-order valence-corrected chi connectivity index (χ1v) is 13.3. The number of rotatable bonds is 12. The molecule has 0 spiro atoms. The van der Waals surface area contributed by atoms with Crippen LogP contribution < -0.4 is 4.74 Å². The summed E-state index contributed by atoms with van der Waals surface area (Å²) in [5.41, 5.74) is 0.773. The number of hydrogen-bond acceptors (Lipinski definition) is 5. The van der Waals surface area contributed by atoms with Crippen molar-refractivity contribution in [1.29, 1.82) is 0 Å². The zero-order valence-corrected chi connectivity index (χ0v) is 21.7. The van der Waals surface area contributed by atoms with Gasteiger partial charge in [0.25, 0.3) is 0 Å². The van der Waals surface area contributed by atoms with Gasteiger partial charge in [0, 0.05) is 18.9 Å². The summed E-state index contributed by atoms with van der Waals surface area (Å²) < 4.78 is 12.9. The largest absolute Gasteiger partial charge is 0.493 e. The number of ether oxygens (including phenoxy) is 1. The molecule has 1 aliphatic rings. The molecule has 4 rings (SSSR count). The van der Waals surface area contributed by atoms with Crippen molar-refractivity contribution in [3.05, 3.63) is 83.6 Å². The molecule has 0 aliphatic heterocycles.